The minimum atomic E-state index is 0.0829. The predicted octanol–water partition coefficient (Wildman–Crippen LogP) is -0.127. The number of amides is 1. The van der Waals surface area contributed by atoms with Crippen LogP contribution in [0.2, 0.25) is 0 Å². The van der Waals surface area contributed by atoms with Crippen LogP contribution in [-0.4, -0.2) is 25.0 Å². The van der Waals surface area contributed by atoms with Crippen molar-refractivity contribution in [2.24, 2.45) is 0 Å². The highest BCUT2D eigenvalue weighted by molar-refractivity contribution is 5.73. The second-order valence-corrected chi connectivity index (χ2v) is 2.85. The molecule has 3 heteroatoms. The number of carbonyl (C=O) groups is 1. The molecule has 0 aromatic rings. The normalized spacial score (nSPS) is 31.0. The van der Waals surface area contributed by atoms with Crippen molar-refractivity contribution in [2.45, 2.75) is 31.8 Å². The molecule has 0 aliphatic heterocycles. The second kappa shape index (κ2) is 3.01. The smallest absolute Gasteiger partial charge is 0.217 e. The molecule has 1 saturated carbocycles. The number of rotatable bonds is 2. The van der Waals surface area contributed by atoms with Crippen molar-refractivity contribution >= 4 is 5.91 Å². The molecule has 0 aromatic carbocycles. The maximum absolute atomic E-state index is 10.5. The molecule has 0 aromatic heterocycles. The number of carbonyl (C=O) groups excluding carboxylic acids is 1. The van der Waals surface area contributed by atoms with Crippen LogP contribution < -0.4 is 10.6 Å². The lowest BCUT2D eigenvalue weighted by molar-refractivity contribution is -0.120. The Bertz CT molecular complexity index is 130. The molecule has 1 rings (SSSR count). The highest BCUT2D eigenvalue weighted by Crippen LogP contribution is 2.18. The topological polar surface area (TPSA) is 41.1 Å². The largest absolute Gasteiger partial charge is 0.353 e. The van der Waals surface area contributed by atoms with Gasteiger partial charge in [0.25, 0.3) is 0 Å². The van der Waals surface area contributed by atoms with Crippen molar-refractivity contribution in [1.29, 1.82) is 0 Å². The lowest BCUT2D eigenvalue weighted by atomic mass is 9.87. The fourth-order valence-corrected chi connectivity index (χ4v) is 1.26. The summed E-state index contributed by atoms with van der Waals surface area (Å²) in [6, 6.07) is 1.05. The Morgan fingerprint density at radius 3 is 2.40 bits per heavy atom. The molecule has 0 heterocycles. The van der Waals surface area contributed by atoms with Crippen LogP contribution in [-0.2, 0) is 4.79 Å². The first-order valence-corrected chi connectivity index (χ1v) is 3.66. The van der Waals surface area contributed by atoms with E-state index in [1.807, 2.05) is 7.05 Å². The Kier molecular flexibility index (Phi) is 2.27. The summed E-state index contributed by atoms with van der Waals surface area (Å²) in [5.41, 5.74) is 0. The molecule has 0 bridgehead atoms. The van der Waals surface area contributed by atoms with Crippen LogP contribution in [0.15, 0.2) is 0 Å². The van der Waals surface area contributed by atoms with Gasteiger partial charge in [-0.15, -0.1) is 0 Å². The van der Waals surface area contributed by atoms with E-state index in [-0.39, 0.29) is 5.91 Å². The maximum Gasteiger partial charge on any atom is 0.217 e. The zero-order valence-corrected chi connectivity index (χ0v) is 6.48. The molecule has 1 aliphatic carbocycles. The third-order valence-corrected chi connectivity index (χ3v) is 1.95. The summed E-state index contributed by atoms with van der Waals surface area (Å²) in [6.45, 7) is 1.56. The van der Waals surface area contributed by atoms with Gasteiger partial charge in [0.1, 0.15) is 0 Å². The van der Waals surface area contributed by atoms with Gasteiger partial charge in [0.15, 0.2) is 0 Å². The van der Waals surface area contributed by atoms with Gasteiger partial charge in [0, 0.05) is 19.0 Å². The molecule has 3 nitrogen and oxygen atoms in total. The molecular formula is C7H14N2O. The lowest BCUT2D eigenvalue weighted by Crippen LogP contribution is -2.50. The van der Waals surface area contributed by atoms with Crippen molar-refractivity contribution in [3.05, 3.63) is 0 Å². The molecule has 0 atom stereocenters. The molecule has 10 heavy (non-hydrogen) atoms. The van der Waals surface area contributed by atoms with Crippen LogP contribution in [0.5, 0.6) is 0 Å². The average molecular weight is 142 g/mol. The first kappa shape index (κ1) is 7.54. The zero-order chi connectivity index (χ0) is 7.56. The van der Waals surface area contributed by atoms with E-state index in [0.717, 1.165) is 12.8 Å². The highest BCUT2D eigenvalue weighted by atomic mass is 16.1. The van der Waals surface area contributed by atoms with Crippen LogP contribution in [0.3, 0.4) is 0 Å². The Morgan fingerprint density at radius 2 is 2.00 bits per heavy atom. The summed E-state index contributed by atoms with van der Waals surface area (Å²) in [7, 11) is 1.95. The Morgan fingerprint density at radius 1 is 1.40 bits per heavy atom. The second-order valence-electron chi connectivity index (χ2n) is 2.85. The van der Waals surface area contributed by atoms with Gasteiger partial charge >= 0.3 is 0 Å². The van der Waals surface area contributed by atoms with E-state index in [9.17, 15) is 4.79 Å². The van der Waals surface area contributed by atoms with Gasteiger partial charge in [0.05, 0.1) is 0 Å². The third-order valence-electron chi connectivity index (χ3n) is 1.95. The van der Waals surface area contributed by atoms with E-state index in [1.54, 1.807) is 6.92 Å². The van der Waals surface area contributed by atoms with Crippen molar-refractivity contribution in [3.63, 3.8) is 0 Å². The quantitative estimate of drug-likeness (QED) is 0.564. The van der Waals surface area contributed by atoms with Gasteiger partial charge in [-0.2, -0.15) is 0 Å². The van der Waals surface area contributed by atoms with Gasteiger partial charge in [-0.05, 0) is 19.9 Å². The molecule has 0 saturated heterocycles. The van der Waals surface area contributed by atoms with Gasteiger partial charge < -0.3 is 10.6 Å². The predicted molar refractivity (Wildman–Crippen MR) is 39.7 cm³/mol. The minimum absolute atomic E-state index is 0.0829. The molecule has 1 aliphatic rings. The fourth-order valence-electron chi connectivity index (χ4n) is 1.26. The van der Waals surface area contributed by atoms with Crippen LogP contribution in [0.25, 0.3) is 0 Å². The average Bonchev–Trinajstić information content (AvgIpc) is 1.76. The summed E-state index contributed by atoms with van der Waals surface area (Å²) in [5, 5.41) is 6.02. The summed E-state index contributed by atoms with van der Waals surface area (Å²) >= 11 is 0. The van der Waals surface area contributed by atoms with Crippen LogP contribution in [0, 0.1) is 0 Å². The first-order valence-electron chi connectivity index (χ1n) is 3.66. The van der Waals surface area contributed by atoms with Gasteiger partial charge in [-0.3, -0.25) is 4.79 Å². The van der Waals surface area contributed by atoms with E-state index in [2.05, 4.69) is 10.6 Å². The maximum atomic E-state index is 10.5. The molecule has 1 fully saturated rings. The molecular weight excluding hydrogens is 128 g/mol. The Hall–Kier alpha value is -0.570. The monoisotopic (exact) mass is 142 g/mol. The van der Waals surface area contributed by atoms with Gasteiger partial charge in [-0.1, -0.05) is 0 Å². The van der Waals surface area contributed by atoms with Crippen LogP contribution in [0.1, 0.15) is 19.8 Å². The lowest BCUT2D eigenvalue weighted by Gasteiger charge is -2.35. The zero-order valence-electron chi connectivity index (χ0n) is 6.48. The van der Waals surface area contributed by atoms with E-state index in [0.29, 0.717) is 12.1 Å². The van der Waals surface area contributed by atoms with Crippen molar-refractivity contribution in [3.8, 4) is 0 Å². The van der Waals surface area contributed by atoms with Crippen LogP contribution >= 0.6 is 0 Å². The van der Waals surface area contributed by atoms with Gasteiger partial charge in [0.2, 0.25) is 5.91 Å². The van der Waals surface area contributed by atoms with Crippen LogP contribution in [0.4, 0.5) is 0 Å². The van der Waals surface area contributed by atoms with E-state index >= 15 is 0 Å². The number of hydrogen-bond donors (Lipinski definition) is 2. The van der Waals surface area contributed by atoms with Crippen molar-refractivity contribution in [2.75, 3.05) is 7.05 Å². The minimum Gasteiger partial charge on any atom is -0.353 e. The van der Waals surface area contributed by atoms with Gasteiger partial charge in [-0.25, -0.2) is 0 Å². The van der Waals surface area contributed by atoms with E-state index in [1.165, 1.54) is 0 Å². The fraction of sp³-hybridized carbons (Fsp3) is 0.857. The summed E-state index contributed by atoms with van der Waals surface area (Å²) in [5.74, 6) is 0.0829. The van der Waals surface area contributed by atoms with E-state index < -0.39 is 0 Å². The first-order chi connectivity index (χ1) is 4.72. The molecule has 58 valence electrons. The summed E-state index contributed by atoms with van der Waals surface area (Å²) in [6.07, 6.45) is 2.16. The van der Waals surface area contributed by atoms with Crippen molar-refractivity contribution < 1.29 is 4.79 Å². The molecule has 1 amide bonds. The summed E-state index contributed by atoms with van der Waals surface area (Å²) in [4.78, 5) is 10.5. The number of nitrogens with one attached hydrogen (secondary N) is 2. The highest BCUT2D eigenvalue weighted by Gasteiger charge is 2.27. The summed E-state index contributed by atoms with van der Waals surface area (Å²) < 4.78 is 0. The molecule has 2 N–H and O–H groups in total. The number of hydrogen-bond acceptors (Lipinski definition) is 2. The van der Waals surface area contributed by atoms with E-state index in [4.69, 9.17) is 0 Å². The molecule has 0 spiro atoms. The van der Waals surface area contributed by atoms with Crippen molar-refractivity contribution in [1.82, 2.24) is 10.6 Å². The standard InChI is InChI=1S/C7H14N2O/c1-5(10)9-7-3-6(4-7)8-2/h6-8H,3-4H2,1-2H3,(H,9,10). The molecule has 0 radical (unpaired) electrons. The third kappa shape index (κ3) is 1.70. The Labute approximate surface area is 61.2 Å². The SMILES string of the molecule is CNC1CC(NC(C)=O)C1. The Balaban J connectivity index is 2.08. The molecule has 0 unspecified atom stereocenters.